The minimum absolute atomic E-state index is 0.129. The summed E-state index contributed by atoms with van der Waals surface area (Å²) in [4.78, 5) is 18.4. The molecule has 1 aromatic carbocycles. The van der Waals surface area contributed by atoms with Crippen molar-refractivity contribution in [3.63, 3.8) is 0 Å². The molecule has 2 rings (SSSR count). The maximum atomic E-state index is 12.4. The van der Waals surface area contributed by atoms with Crippen LogP contribution >= 0.6 is 15.9 Å². The summed E-state index contributed by atoms with van der Waals surface area (Å²) >= 11 is 3.36. The molecule has 0 aliphatic rings. The van der Waals surface area contributed by atoms with Crippen molar-refractivity contribution in [2.24, 2.45) is 0 Å². The Morgan fingerprint density at radius 2 is 1.91 bits per heavy atom. The third-order valence-electron chi connectivity index (χ3n) is 3.58. The topological polar surface area (TPSA) is 33.2 Å². The molecule has 0 aliphatic heterocycles. The molecule has 22 heavy (non-hydrogen) atoms. The van der Waals surface area contributed by atoms with Gasteiger partial charge in [-0.1, -0.05) is 29.8 Å². The van der Waals surface area contributed by atoms with E-state index in [4.69, 9.17) is 0 Å². The van der Waals surface area contributed by atoms with E-state index in [0.29, 0.717) is 18.8 Å². The zero-order valence-electron chi connectivity index (χ0n) is 13.1. The SMILES string of the molecule is CCN(C(=O)CCCc1ccc(C)cc1)c1ccc(Br)cn1. The predicted molar refractivity (Wildman–Crippen MR) is 94.1 cm³/mol. The van der Waals surface area contributed by atoms with E-state index >= 15 is 0 Å². The fraction of sp³-hybridized carbons (Fsp3) is 0.333. The second-order valence-electron chi connectivity index (χ2n) is 5.31. The molecule has 4 heteroatoms. The minimum Gasteiger partial charge on any atom is -0.297 e. The summed E-state index contributed by atoms with van der Waals surface area (Å²) in [5.41, 5.74) is 2.54. The van der Waals surface area contributed by atoms with E-state index in [1.54, 1.807) is 11.1 Å². The lowest BCUT2D eigenvalue weighted by Gasteiger charge is -2.19. The van der Waals surface area contributed by atoms with E-state index < -0.39 is 0 Å². The van der Waals surface area contributed by atoms with Crippen LogP contribution in [-0.2, 0) is 11.2 Å². The fourth-order valence-electron chi connectivity index (χ4n) is 2.33. The van der Waals surface area contributed by atoms with Gasteiger partial charge in [0.25, 0.3) is 0 Å². The Bertz CT molecular complexity index is 608. The summed E-state index contributed by atoms with van der Waals surface area (Å²) in [6, 6.07) is 12.3. The van der Waals surface area contributed by atoms with Gasteiger partial charge in [-0.15, -0.1) is 0 Å². The molecule has 116 valence electrons. The van der Waals surface area contributed by atoms with Crippen molar-refractivity contribution >= 4 is 27.7 Å². The largest absolute Gasteiger partial charge is 0.297 e. The van der Waals surface area contributed by atoms with Crippen LogP contribution in [0.5, 0.6) is 0 Å². The van der Waals surface area contributed by atoms with Gasteiger partial charge in [0.2, 0.25) is 5.91 Å². The smallest absolute Gasteiger partial charge is 0.228 e. The van der Waals surface area contributed by atoms with Crippen molar-refractivity contribution in [2.75, 3.05) is 11.4 Å². The van der Waals surface area contributed by atoms with E-state index in [1.165, 1.54) is 11.1 Å². The summed E-state index contributed by atoms with van der Waals surface area (Å²) in [6.45, 7) is 4.69. The molecule has 0 aliphatic carbocycles. The first-order valence-corrected chi connectivity index (χ1v) is 8.37. The molecule has 2 aromatic rings. The van der Waals surface area contributed by atoms with Crippen LogP contribution in [0.1, 0.15) is 30.9 Å². The molecule has 0 unspecified atom stereocenters. The van der Waals surface area contributed by atoms with Gasteiger partial charge in [-0.2, -0.15) is 0 Å². The van der Waals surface area contributed by atoms with Gasteiger partial charge in [-0.25, -0.2) is 4.98 Å². The number of carbonyl (C=O) groups is 1. The van der Waals surface area contributed by atoms with Gasteiger partial charge in [-0.05, 0) is 60.3 Å². The van der Waals surface area contributed by atoms with Crippen LogP contribution in [0.25, 0.3) is 0 Å². The average Bonchev–Trinajstić information content (AvgIpc) is 2.52. The van der Waals surface area contributed by atoms with Crippen LogP contribution in [0, 0.1) is 6.92 Å². The fourth-order valence-corrected chi connectivity index (χ4v) is 2.56. The average molecular weight is 361 g/mol. The first kappa shape index (κ1) is 16.7. The maximum absolute atomic E-state index is 12.4. The van der Waals surface area contributed by atoms with E-state index in [2.05, 4.69) is 52.1 Å². The number of hydrogen-bond acceptors (Lipinski definition) is 2. The summed E-state index contributed by atoms with van der Waals surface area (Å²) in [6.07, 6.45) is 4.04. The molecule has 1 amide bonds. The molecule has 0 radical (unpaired) electrons. The van der Waals surface area contributed by atoms with Crippen LogP contribution in [-0.4, -0.2) is 17.4 Å². The number of hydrogen-bond donors (Lipinski definition) is 0. The number of benzene rings is 1. The normalized spacial score (nSPS) is 10.5. The number of amides is 1. The molecular formula is C18H21BrN2O. The third kappa shape index (κ3) is 4.67. The standard InChI is InChI=1S/C18H21BrN2O/c1-3-21(17-12-11-16(19)13-20-17)18(22)6-4-5-15-9-7-14(2)8-10-15/h7-13H,3-6H2,1-2H3. The summed E-state index contributed by atoms with van der Waals surface area (Å²) in [5, 5.41) is 0. The van der Waals surface area contributed by atoms with Crippen LogP contribution in [0.3, 0.4) is 0 Å². The number of aromatic nitrogens is 1. The van der Waals surface area contributed by atoms with Gasteiger partial charge < -0.3 is 0 Å². The van der Waals surface area contributed by atoms with Crippen molar-refractivity contribution < 1.29 is 4.79 Å². The van der Waals surface area contributed by atoms with Crippen LogP contribution in [0.15, 0.2) is 47.1 Å². The van der Waals surface area contributed by atoms with E-state index in [9.17, 15) is 4.79 Å². The molecular weight excluding hydrogens is 340 g/mol. The van der Waals surface area contributed by atoms with E-state index in [1.807, 2.05) is 19.1 Å². The number of carbonyl (C=O) groups excluding carboxylic acids is 1. The third-order valence-corrected chi connectivity index (χ3v) is 4.05. The van der Waals surface area contributed by atoms with E-state index in [0.717, 1.165) is 17.3 Å². The molecule has 1 heterocycles. The number of anilines is 1. The van der Waals surface area contributed by atoms with Gasteiger partial charge in [0.15, 0.2) is 0 Å². The highest BCUT2D eigenvalue weighted by molar-refractivity contribution is 9.10. The van der Waals surface area contributed by atoms with Gasteiger partial charge in [0.05, 0.1) is 0 Å². The van der Waals surface area contributed by atoms with Crippen molar-refractivity contribution in [3.05, 3.63) is 58.2 Å². The molecule has 0 atom stereocenters. The molecule has 0 saturated carbocycles. The molecule has 1 aromatic heterocycles. The highest BCUT2D eigenvalue weighted by atomic mass is 79.9. The lowest BCUT2D eigenvalue weighted by Crippen LogP contribution is -2.31. The Kier molecular flexibility index (Phi) is 6.13. The van der Waals surface area contributed by atoms with Crippen LogP contribution in [0.2, 0.25) is 0 Å². The lowest BCUT2D eigenvalue weighted by atomic mass is 10.1. The number of rotatable bonds is 6. The van der Waals surface area contributed by atoms with Crippen molar-refractivity contribution in [2.45, 2.75) is 33.1 Å². The second-order valence-corrected chi connectivity index (χ2v) is 6.23. The Morgan fingerprint density at radius 3 is 2.50 bits per heavy atom. The van der Waals surface area contributed by atoms with Crippen molar-refractivity contribution in [3.8, 4) is 0 Å². The van der Waals surface area contributed by atoms with Gasteiger partial charge in [-0.3, -0.25) is 9.69 Å². The molecule has 0 N–H and O–H groups in total. The Morgan fingerprint density at radius 1 is 1.18 bits per heavy atom. The number of nitrogens with zero attached hydrogens (tertiary/aromatic N) is 2. The van der Waals surface area contributed by atoms with Crippen LogP contribution < -0.4 is 4.90 Å². The second kappa shape index (κ2) is 8.08. The lowest BCUT2D eigenvalue weighted by molar-refractivity contribution is -0.118. The number of pyridine rings is 1. The number of halogens is 1. The summed E-state index contributed by atoms with van der Waals surface area (Å²) in [7, 11) is 0. The predicted octanol–water partition coefficient (Wildman–Crippen LogP) is 4.53. The minimum atomic E-state index is 0.129. The Balaban J connectivity index is 1.89. The molecule has 0 saturated heterocycles. The molecule has 0 bridgehead atoms. The first-order valence-electron chi connectivity index (χ1n) is 7.57. The van der Waals surface area contributed by atoms with E-state index in [-0.39, 0.29) is 5.91 Å². The molecule has 0 fully saturated rings. The molecule has 3 nitrogen and oxygen atoms in total. The quantitative estimate of drug-likeness (QED) is 0.758. The van der Waals surface area contributed by atoms with Gasteiger partial charge in [0, 0.05) is 23.6 Å². The first-order chi connectivity index (χ1) is 10.6. The van der Waals surface area contributed by atoms with Crippen molar-refractivity contribution in [1.82, 2.24) is 4.98 Å². The number of aryl methyl sites for hydroxylation is 2. The zero-order chi connectivity index (χ0) is 15.9. The highest BCUT2D eigenvalue weighted by Gasteiger charge is 2.14. The zero-order valence-corrected chi connectivity index (χ0v) is 14.6. The van der Waals surface area contributed by atoms with Crippen LogP contribution in [0.4, 0.5) is 5.82 Å². The Labute approximate surface area is 140 Å². The molecule has 0 spiro atoms. The summed E-state index contributed by atoms with van der Waals surface area (Å²) in [5.74, 6) is 0.843. The Hall–Kier alpha value is -1.68. The monoisotopic (exact) mass is 360 g/mol. The highest BCUT2D eigenvalue weighted by Crippen LogP contribution is 2.16. The van der Waals surface area contributed by atoms with Gasteiger partial charge in [0.1, 0.15) is 5.82 Å². The summed E-state index contributed by atoms with van der Waals surface area (Å²) < 4.78 is 0.916. The van der Waals surface area contributed by atoms with Gasteiger partial charge >= 0.3 is 0 Å². The van der Waals surface area contributed by atoms with Crippen molar-refractivity contribution in [1.29, 1.82) is 0 Å². The maximum Gasteiger partial charge on any atom is 0.228 e.